The number of halogens is 1. The van der Waals surface area contributed by atoms with Crippen molar-refractivity contribution in [2.75, 3.05) is 24.6 Å². The first-order valence-corrected chi connectivity index (χ1v) is 12.5. The average molecular weight is 502 g/mol. The summed E-state index contributed by atoms with van der Waals surface area (Å²) in [6.45, 7) is 0.725. The Labute approximate surface area is 213 Å². The topological polar surface area (TPSA) is 65.8 Å². The summed E-state index contributed by atoms with van der Waals surface area (Å²) in [5, 5.41) is 10.8. The molecule has 0 saturated carbocycles. The third-order valence-corrected chi connectivity index (χ3v) is 7.47. The van der Waals surface area contributed by atoms with E-state index in [2.05, 4.69) is 6.07 Å². The molecule has 2 aliphatic rings. The summed E-state index contributed by atoms with van der Waals surface area (Å²) in [5.41, 5.74) is 3.27. The molecule has 2 heterocycles. The first kappa shape index (κ1) is 23.8. The number of nitriles is 1. The van der Waals surface area contributed by atoms with Gasteiger partial charge in [0.2, 0.25) is 5.91 Å². The SMILES string of the molecule is COc1cc([C@@H]2CC(=O)N3CN(c4ccc(F)cc4)CSC3=C2C#N)ccc1OCc1ccccc1. The molecule has 0 aliphatic carbocycles. The standard InChI is InChI=1S/C28H24FN3O3S/c1-34-26-13-20(7-12-25(26)35-16-19-5-3-2-4-6-19)23-14-27(33)32-17-31(18-36-28(32)24(23)15-30)22-10-8-21(29)9-11-22/h2-13,23H,14,16-18H2,1H3/t23-/m0/s1. The first-order valence-electron chi connectivity index (χ1n) is 11.5. The Balaban J connectivity index is 1.38. The van der Waals surface area contributed by atoms with Crippen molar-refractivity contribution in [2.45, 2.75) is 18.9 Å². The molecular formula is C28H24FN3O3S. The van der Waals surface area contributed by atoms with E-state index in [1.807, 2.05) is 53.4 Å². The summed E-state index contributed by atoms with van der Waals surface area (Å²) >= 11 is 1.45. The van der Waals surface area contributed by atoms with Crippen LogP contribution in [0.5, 0.6) is 11.5 Å². The lowest BCUT2D eigenvalue weighted by atomic mass is 9.86. The van der Waals surface area contributed by atoms with Crippen LogP contribution in [0.15, 0.2) is 83.4 Å². The van der Waals surface area contributed by atoms with Crippen molar-refractivity contribution < 1.29 is 18.7 Å². The molecule has 0 bridgehead atoms. The van der Waals surface area contributed by atoms with Gasteiger partial charge in [0.25, 0.3) is 0 Å². The minimum Gasteiger partial charge on any atom is -0.493 e. The lowest BCUT2D eigenvalue weighted by Gasteiger charge is -2.42. The van der Waals surface area contributed by atoms with Gasteiger partial charge in [-0.15, -0.1) is 0 Å². The number of amides is 1. The maximum absolute atomic E-state index is 13.3. The number of anilines is 1. The Morgan fingerprint density at radius 1 is 1.08 bits per heavy atom. The molecule has 1 atom stereocenters. The van der Waals surface area contributed by atoms with Gasteiger partial charge < -0.3 is 14.4 Å². The van der Waals surface area contributed by atoms with Crippen LogP contribution in [0.3, 0.4) is 0 Å². The predicted octanol–water partition coefficient (Wildman–Crippen LogP) is 5.63. The number of ether oxygens (including phenoxy) is 2. The Morgan fingerprint density at radius 3 is 2.58 bits per heavy atom. The fourth-order valence-electron chi connectivity index (χ4n) is 4.42. The lowest BCUT2D eigenvalue weighted by Crippen LogP contribution is -2.47. The number of benzene rings is 3. The van der Waals surface area contributed by atoms with E-state index >= 15 is 0 Å². The van der Waals surface area contributed by atoms with Crippen molar-refractivity contribution in [1.29, 1.82) is 5.26 Å². The predicted molar refractivity (Wildman–Crippen MR) is 137 cm³/mol. The van der Waals surface area contributed by atoms with E-state index in [0.717, 1.165) is 16.8 Å². The quantitative estimate of drug-likeness (QED) is 0.436. The van der Waals surface area contributed by atoms with Gasteiger partial charge in [0, 0.05) is 18.0 Å². The van der Waals surface area contributed by atoms with Crippen LogP contribution in [0, 0.1) is 17.1 Å². The van der Waals surface area contributed by atoms with Crippen LogP contribution in [0.2, 0.25) is 0 Å². The molecule has 8 heteroatoms. The molecular weight excluding hydrogens is 477 g/mol. The van der Waals surface area contributed by atoms with E-state index < -0.39 is 0 Å². The molecule has 182 valence electrons. The molecule has 0 unspecified atom stereocenters. The fraction of sp³-hybridized carbons (Fsp3) is 0.214. The molecule has 0 spiro atoms. The zero-order valence-electron chi connectivity index (χ0n) is 19.7. The van der Waals surface area contributed by atoms with Crippen LogP contribution in [0.25, 0.3) is 0 Å². The molecule has 0 aromatic heterocycles. The molecule has 1 amide bonds. The maximum atomic E-state index is 13.3. The van der Waals surface area contributed by atoms with Gasteiger partial charge in [-0.05, 0) is 47.5 Å². The van der Waals surface area contributed by atoms with Crippen LogP contribution in [-0.4, -0.2) is 30.5 Å². The summed E-state index contributed by atoms with van der Waals surface area (Å²) < 4.78 is 24.9. The Kier molecular flexibility index (Phi) is 6.83. The Morgan fingerprint density at radius 2 is 1.86 bits per heavy atom. The number of methoxy groups -OCH3 is 1. The summed E-state index contributed by atoms with van der Waals surface area (Å²) in [4.78, 5) is 16.9. The first-order chi connectivity index (χ1) is 17.6. The van der Waals surface area contributed by atoms with Gasteiger partial charge in [-0.1, -0.05) is 48.2 Å². The van der Waals surface area contributed by atoms with Crippen LogP contribution in [-0.2, 0) is 11.4 Å². The number of carbonyl (C=O) groups is 1. The van der Waals surface area contributed by atoms with Gasteiger partial charge in [0.1, 0.15) is 12.4 Å². The number of hydrogen-bond donors (Lipinski definition) is 0. The lowest BCUT2D eigenvalue weighted by molar-refractivity contribution is -0.129. The van der Waals surface area contributed by atoms with Gasteiger partial charge in [-0.25, -0.2) is 4.39 Å². The van der Waals surface area contributed by atoms with E-state index in [-0.39, 0.29) is 24.1 Å². The largest absolute Gasteiger partial charge is 0.493 e. The molecule has 2 aliphatic heterocycles. The summed E-state index contributed by atoms with van der Waals surface area (Å²) in [6, 6.07) is 24.0. The van der Waals surface area contributed by atoms with Crippen molar-refractivity contribution in [3.63, 3.8) is 0 Å². The van der Waals surface area contributed by atoms with Crippen molar-refractivity contribution in [1.82, 2.24) is 4.90 Å². The van der Waals surface area contributed by atoms with Crippen LogP contribution in [0.1, 0.15) is 23.5 Å². The minimum atomic E-state index is -0.365. The molecule has 1 fully saturated rings. The summed E-state index contributed by atoms with van der Waals surface area (Å²) in [6.07, 6.45) is 0.178. The molecule has 6 nitrogen and oxygen atoms in total. The highest BCUT2D eigenvalue weighted by atomic mass is 32.2. The second-order valence-electron chi connectivity index (χ2n) is 8.52. The normalized spacial score (nSPS) is 17.5. The highest BCUT2D eigenvalue weighted by Gasteiger charge is 2.38. The van der Waals surface area contributed by atoms with E-state index in [1.54, 1.807) is 24.1 Å². The number of hydrogen-bond acceptors (Lipinski definition) is 6. The third-order valence-electron chi connectivity index (χ3n) is 6.31. The van der Waals surface area contributed by atoms with Crippen LogP contribution in [0.4, 0.5) is 10.1 Å². The maximum Gasteiger partial charge on any atom is 0.229 e. The number of thioether (sulfide) groups is 1. The second kappa shape index (κ2) is 10.3. The highest BCUT2D eigenvalue weighted by molar-refractivity contribution is 8.03. The fourth-order valence-corrected chi connectivity index (χ4v) is 5.59. The minimum absolute atomic E-state index is 0.0586. The Bertz CT molecular complexity index is 1340. The second-order valence-corrected chi connectivity index (χ2v) is 9.46. The summed E-state index contributed by atoms with van der Waals surface area (Å²) in [5.74, 6) is 0.978. The number of nitrogens with zero attached hydrogens (tertiary/aromatic N) is 3. The van der Waals surface area contributed by atoms with Crippen molar-refractivity contribution in [3.05, 3.63) is 100 Å². The summed E-state index contributed by atoms with van der Waals surface area (Å²) in [7, 11) is 1.58. The van der Waals surface area contributed by atoms with E-state index in [4.69, 9.17) is 9.47 Å². The van der Waals surface area contributed by atoms with Crippen LogP contribution < -0.4 is 14.4 Å². The van der Waals surface area contributed by atoms with Crippen molar-refractivity contribution in [2.24, 2.45) is 0 Å². The highest BCUT2D eigenvalue weighted by Crippen LogP contribution is 2.44. The van der Waals surface area contributed by atoms with E-state index in [9.17, 15) is 14.4 Å². The van der Waals surface area contributed by atoms with Gasteiger partial charge in [0.05, 0.1) is 36.3 Å². The van der Waals surface area contributed by atoms with Gasteiger partial charge in [-0.2, -0.15) is 5.26 Å². The molecule has 0 radical (unpaired) electrons. The number of carbonyl (C=O) groups excluding carboxylic acids is 1. The van der Waals surface area contributed by atoms with Crippen molar-refractivity contribution >= 4 is 23.4 Å². The zero-order valence-corrected chi connectivity index (χ0v) is 20.5. The van der Waals surface area contributed by atoms with Gasteiger partial charge >= 0.3 is 0 Å². The third kappa shape index (κ3) is 4.75. The average Bonchev–Trinajstić information content (AvgIpc) is 2.92. The number of allylic oxidation sites excluding steroid dienone is 1. The van der Waals surface area contributed by atoms with E-state index in [0.29, 0.717) is 41.3 Å². The molecule has 5 rings (SSSR count). The number of fused-ring (bicyclic) bond motifs is 1. The molecule has 0 N–H and O–H groups in total. The van der Waals surface area contributed by atoms with E-state index in [1.165, 1.54) is 23.9 Å². The zero-order chi connectivity index (χ0) is 25.1. The monoisotopic (exact) mass is 501 g/mol. The molecule has 1 saturated heterocycles. The number of rotatable bonds is 6. The Hall–Kier alpha value is -3.96. The smallest absolute Gasteiger partial charge is 0.229 e. The van der Waals surface area contributed by atoms with Crippen molar-refractivity contribution in [3.8, 4) is 17.6 Å². The molecule has 3 aromatic carbocycles. The molecule has 36 heavy (non-hydrogen) atoms. The van der Waals surface area contributed by atoms with Crippen LogP contribution >= 0.6 is 11.8 Å². The van der Waals surface area contributed by atoms with Gasteiger partial charge in [-0.3, -0.25) is 9.69 Å². The van der Waals surface area contributed by atoms with Gasteiger partial charge in [0.15, 0.2) is 11.5 Å². The molecule has 3 aromatic rings.